The molecule has 2 aromatic carbocycles. The van der Waals surface area contributed by atoms with Gasteiger partial charge in [0.15, 0.2) is 11.5 Å². The van der Waals surface area contributed by atoms with Gasteiger partial charge in [0.2, 0.25) is 11.5 Å². The van der Waals surface area contributed by atoms with Crippen molar-refractivity contribution in [1.82, 2.24) is 0 Å². The van der Waals surface area contributed by atoms with Gasteiger partial charge in [0.25, 0.3) is 0 Å². The maximum Gasteiger partial charge on any atom is 0.204 e. The molecule has 0 bridgehead atoms. The molecular formula is C20H23ClN2O4. The number of halogens is 1. The third-order valence-corrected chi connectivity index (χ3v) is 4.25. The van der Waals surface area contributed by atoms with E-state index in [4.69, 9.17) is 31.5 Å². The number of ketones is 1. The number of hydrogen-bond acceptors (Lipinski definition) is 6. The summed E-state index contributed by atoms with van der Waals surface area (Å²) in [6.07, 6.45) is 1.57. The Kier molecular flexibility index (Phi) is 6.58. The molecule has 7 heteroatoms. The van der Waals surface area contributed by atoms with E-state index in [1.165, 1.54) is 21.3 Å². The van der Waals surface area contributed by atoms with Gasteiger partial charge >= 0.3 is 0 Å². The van der Waals surface area contributed by atoms with Crippen LogP contribution in [-0.4, -0.2) is 41.2 Å². The molecule has 0 aliphatic carbocycles. The minimum atomic E-state index is -0.369. The monoisotopic (exact) mass is 390 g/mol. The molecular weight excluding hydrogens is 368 g/mol. The summed E-state index contributed by atoms with van der Waals surface area (Å²) < 4.78 is 15.8. The highest BCUT2D eigenvalue weighted by Gasteiger charge is 2.19. The number of methoxy groups -OCH3 is 3. The second kappa shape index (κ2) is 8.68. The predicted octanol–water partition coefficient (Wildman–Crippen LogP) is 3.82. The number of anilines is 2. The molecule has 2 rings (SSSR count). The van der Waals surface area contributed by atoms with E-state index in [0.29, 0.717) is 28.5 Å². The number of ether oxygens (including phenoxy) is 3. The van der Waals surface area contributed by atoms with Crippen LogP contribution in [-0.2, 0) is 0 Å². The van der Waals surface area contributed by atoms with Crippen LogP contribution in [0.15, 0.2) is 35.4 Å². The SMILES string of the molecule is COc1cc(C(=O)C(Cl)=Cc2ccc(N(C)C)c(N)c2)cc(OC)c1OC. The van der Waals surface area contributed by atoms with Crippen LogP contribution in [0.25, 0.3) is 6.08 Å². The number of nitrogens with zero attached hydrogens (tertiary/aromatic N) is 1. The summed E-state index contributed by atoms with van der Waals surface area (Å²) in [5, 5.41) is 0.0428. The molecule has 0 radical (unpaired) electrons. The second-order valence-electron chi connectivity index (χ2n) is 5.95. The molecule has 0 aliphatic heterocycles. The maximum atomic E-state index is 12.8. The normalized spacial score (nSPS) is 11.1. The molecule has 0 saturated carbocycles. The Balaban J connectivity index is 2.39. The van der Waals surface area contributed by atoms with Gasteiger partial charge in [-0.15, -0.1) is 0 Å². The molecule has 0 saturated heterocycles. The van der Waals surface area contributed by atoms with E-state index in [9.17, 15) is 4.79 Å². The Morgan fingerprint density at radius 1 is 1.04 bits per heavy atom. The summed E-state index contributed by atoms with van der Waals surface area (Å²) in [7, 11) is 8.27. The van der Waals surface area contributed by atoms with E-state index >= 15 is 0 Å². The van der Waals surface area contributed by atoms with Crippen LogP contribution >= 0.6 is 11.6 Å². The highest BCUT2D eigenvalue weighted by molar-refractivity contribution is 6.47. The van der Waals surface area contributed by atoms with Gasteiger partial charge in [0.05, 0.1) is 37.7 Å². The fourth-order valence-electron chi connectivity index (χ4n) is 2.63. The third kappa shape index (κ3) is 4.46. The molecule has 0 aromatic heterocycles. The van der Waals surface area contributed by atoms with Crippen LogP contribution in [0, 0.1) is 0 Å². The van der Waals surface area contributed by atoms with Gasteiger partial charge in [-0.25, -0.2) is 0 Å². The van der Waals surface area contributed by atoms with Crippen molar-refractivity contribution in [1.29, 1.82) is 0 Å². The predicted molar refractivity (Wildman–Crippen MR) is 109 cm³/mol. The summed E-state index contributed by atoms with van der Waals surface area (Å²) in [5.41, 5.74) is 8.58. The van der Waals surface area contributed by atoms with Crippen LogP contribution in [0.3, 0.4) is 0 Å². The minimum absolute atomic E-state index is 0.0428. The third-order valence-electron chi connectivity index (χ3n) is 3.97. The number of carbonyl (C=O) groups is 1. The lowest BCUT2D eigenvalue weighted by molar-refractivity contribution is 0.104. The molecule has 0 amide bonds. The zero-order chi connectivity index (χ0) is 20.1. The first-order valence-electron chi connectivity index (χ1n) is 8.11. The number of nitrogen functional groups attached to an aromatic ring is 1. The van der Waals surface area contributed by atoms with Crippen molar-refractivity contribution in [3.63, 3.8) is 0 Å². The number of carbonyl (C=O) groups excluding carboxylic acids is 1. The Morgan fingerprint density at radius 2 is 1.63 bits per heavy atom. The van der Waals surface area contributed by atoms with Crippen molar-refractivity contribution in [3.05, 3.63) is 46.5 Å². The number of rotatable bonds is 7. The molecule has 0 atom stereocenters. The van der Waals surface area contributed by atoms with Crippen LogP contribution in [0.4, 0.5) is 11.4 Å². The summed E-state index contributed by atoms with van der Waals surface area (Å²) in [5.74, 6) is 0.795. The second-order valence-corrected chi connectivity index (χ2v) is 6.36. The van der Waals surface area contributed by atoms with Gasteiger partial charge in [-0.2, -0.15) is 0 Å². The quantitative estimate of drug-likeness (QED) is 0.440. The summed E-state index contributed by atoms with van der Waals surface area (Å²) >= 11 is 6.27. The molecule has 0 heterocycles. The van der Waals surface area contributed by atoms with Crippen LogP contribution in [0.1, 0.15) is 15.9 Å². The van der Waals surface area contributed by atoms with E-state index in [1.54, 1.807) is 24.3 Å². The van der Waals surface area contributed by atoms with Crippen molar-refractivity contribution in [3.8, 4) is 17.2 Å². The van der Waals surface area contributed by atoms with Crippen molar-refractivity contribution in [2.45, 2.75) is 0 Å². The molecule has 144 valence electrons. The number of nitrogens with two attached hydrogens (primary N) is 1. The van der Waals surface area contributed by atoms with E-state index in [1.807, 2.05) is 31.1 Å². The fourth-order valence-corrected chi connectivity index (χ4v) is 2.87. The van der Waals surface area contributed by atoms with Gasteiger partial charge in [0, 0.05) is 19.7 Å². The topological polar surface area (TPSA) is 74.0 Å². The molecule has 0 unspecified atom stereocenters. The Labute approximate surface area is 164 Å². The van der Waals surface area contributed by atoms with Gasteiger partial charge in [0.1, 0.15) is 0 Å². The maximum absolute atomic E-state index is 12.8. The first kappa shape index (κ1) is 20.5. The van der Waals surface area contributed by atoms with Crippen LogP contribution < -0.4 is 24.8 Å². The standard InChI is InChI=1S/C20H23ClN2O4/c1-23(2)16-7-6-12(9-15(16)22)8-14(21)19(24)13-10-17(25-3)20(27-5)18(11-13)26-4/h6-11H,22H2,1-5H3. The summed E-state index contributed by atoms with van der Waals surface area (Å²) in [4.78, 5) is 14.7. The first-order valence-corrected chi connectivity index (χ1v) is 8.48. The molecule has 0 aliphatic rings. The van der Waals surface area contributed by atoms with E-state index in [2.05, 4.69) is 0 Å². The van der Waals surface area contributed by atoms with Crippen molar-refractivity contribution in [2.24, 2.45) is 0 Å². The summed E-state index contributed by atoms with van der Waals surface area (Å²) in [6, 6.07) is 8.60. The van der Waals surface area contributed by atoms with E-state index in [-0.39, 0.29) is 10.8 Å². The molecule has 0 spiro atoms. The van der Waals surface area contributed by atoms with Gasteiger partial charge in [-0.3, -0.25) is 4.79 Å². The van der Waals surface area contributed by atoms with Gasteiger partial charge in [-0.05, 0) is 35.9 Å². The largest absolute Gasteiger partial charge is 0.493 e. The fraction of sp³-hybridized carbons (Fsp3) is 0.250. The Bertz CT molecular complexity index is 853. The number of allylic oxidation sites excluding steroid dienone is 1. The van der Waals surface area contributed by atoms with Crippen molar-refractivity contribution >= 4 is 34.8 Å². The number of benzene rings is 2. The smallest absolute Gasteiger partial charge is 0.204 e. The lowest BCUT2D eigenvalue weighted by Gasteiger charge is -2.15. The molecule has 6 nitrogen and oxygen atoms in total. The Morgan fingerprint density at radius 3 is 2.07 bits per heavy atom. The van der Waals surface area contributed by atoms with Crippen LogP contribution in [0.5, 0.6) is 17.2 Å². The lowest BCUT2D eigenvalue weighted by Crippen LogP contribution is -2.10. The van der Waals surface area contributed by atoms with Crippen LogP contribution in [0.2, 0.25) is 0 Å². The molecule has 27 heavy (non-hydrogen) atoms. The first-order chi connectivity index (χ1) is 12.8. The minimum Gasteiger partial charge on any atom is -0.493 e. The average Bonchev–Trinajstić information content (AvgIpc) is 2.65. The van der Waals surface area contributed by atoms with Crippen molar-refractivity contribution < 1.29 is 19.0 Å². The highest BCUT2D eigenvalue weighted by atomic mass is 35.5. The zero-order valence-corrected chi connectivity index (χ0v) is 16.8. The number of Topliss-reactive ketones (excluding diaryl/α,β-unsaturated/α-hetero) is 1. The average molecular weight is 391 g/mol. The van der Waals surface area contributed by atoms with E-state index in [0.717, 1.165) is 11.3 Å². The zero-order valence-electron chi connectivity index (χ0n) is 16.0. The highest BCUT2D eigenvalue weighted by Crippen LogP contribution is 2.39. The van der Waals surface area contributed by atoms with Gasteiger partial charge < -0.3 is 24.8 Å². The summed E-state index contributed by atoms with van der Waals surface area (Å²) in [6.45, 7) is 0. The number of hydrogen-bond donors (Lipinski definition) is 1. The molecule has 0 fully saturated rings. The Hall–Kier alpha value is -2.86. The molecule has 2 N–H and O–H groups in total. The van der Waals surface area contributed by atoms with Crippen molar-refractivity contribution in [2.75, 3.05) is 46.1 Å². The van der Waals surface area contributed by atoms with E-state index < -0.39 is 0 Å². The lowest BCUT2D eigenvalue weighted by atomic mass is 10.1. The molecule has 2 aromatic rings. The van der Waals surface area contributed by atoms with Gasteiger partial charge in [-0.1, -0.05) is 17.7 Å².